The summed E-state index contributed by atoms with van der Waals surface area (Å²) in [6.45, 7) is 7.26. The third-order valence-electron chi connectivity index (χ3n) is 4.15. The zero-order chi connectivity index (χ0) is 16.9. The van der Waals surface area contributed by atoms with Crippen molar-refractivity contribution < 1.29 is 9.84 Å². The van der Waals surface area contributed by atoms with Crippen molar-refractivity contribution in [3.63, 3.8) is 0 Å². The number of allylic oxidation sites excluding steroid dienone is 1. The molecule has 1 fully saturated rings. The van der Waals surface area contributed by atoms with Gasteiger partial charge in [-0.05, 0) is 19.8 Å². The van der Waals surface area contributed by atoms with E-state index < -0.39 is 0 Å². The van der Waals surface area contributed by atoms with Crippen molar-refractivity contribution in [2.75, 3.05) is 24.6 Å². The van der Waals surface area contributed by atoms with Crippen molar-refractivity contribution in [3.05, 3.63) is 37.5 Å². The van der Waals surface area contributed by atoms with Gasteiger partial charge in [0.05, 0.1) is 19.0 Å². The van der Waals surface area contributed by atoms with E-state index in [1.54, 1.807) is 12.7 Å². The van der Waals surface area contributed by atoms with Crippen molar-refractivity contribution in [2.24, 2.45) is 0 Å². The van der Waals surface area contributed by atoms with Gasteiger partial charge in [0.1, 0.15) is 12.6 Å². The van der Waals surface area contributed by atoms with Crippen LogP contribution in [0, 0.1) is 0 Å². The molecule has 2 aromatic rings. The van der Waals surface area contributed by atoms with Gasteiger partial charge in [-0.3, -0.25) is 4.57 Å². The highest BCUT2D eigenvalue weighted by molar-refractivity contribution is 5.83. The Morgan fingerprint density at radius 2 is 2.25 bits per heavy atom. The van der Waals surface area contributed by atoms with Gasteiger partial charge in [-0.25, -0.2) is 15.0 Å². The highest BCUT2D eigenvalue weighted by Gasteiger charge is 2.28. The zero-order valence-electron chi connectivity index (χ0n) is 13.9. The maximum absolute atomic E-state index is 9.25. The summed E-state index contributed by atoms with van der Waals surface area (Å²) in [4.78, 5) is 15.4. The molecule has 3 rings (SSSR count). The molecule has 1 N–H and O–H groups in total. The molecular formula is C17H23N5O2. The average Bonchev–Trinajstić information content (AvgIpc) is 3.24. The number of anilines is 1. The number of hydrogen-bond donors (Lipinski definition) is 1. The molecule has 24 heavy (non-hydrogen) atoms. The minimum Gasteiger partial charge on any atom is -0.394 e. The highest BCUT2D eigenvalue weighted by Crippen LogP contribution is 2.31. The number of aromatic nitrogens is 4. The van der Waals surface area contributed by atoms with E-state index >= 15 is 0 Å². The van der Waals surface area contributed by atoms with E-state index in [0.717, 1.165) is 36.4 Å². The summed E-state index contributed by atoms with van der Waals surface area (Å²) in [6, 6.07) is 0. The fourth-order valence-corrected chi connectivity index (χ4v) is 2.94. The summed E-state index contributed by atoms with van der Waals surface area (Å²) >= 11 is 0. The van der Waals surface area contributed by atoms with Gasteiger partial charge in [0, 0.05) is 13.1 Å². The summed E-state index contributed by atoms with van der Waals surface area (Å²) in [6.07, 6.45) is 10.6. The SMILES string of the molecule is C=CCN(C/C=C/C)c1ncnc2c1ncn2C1CCC(CO)O1. The summed E-state index contributed by atoms with van der Waals surface area (Å²) < 4.78 is 7.78. The summed E-state index contributed by atoms with van der Waals surface area (Å²) in [5.41, 5.74) is 1.50. The second-order valence-corrected chi connectivity index (χ2v) is 5.76. The van der Waals surface area contributed by atoms with Crippen LogP contribution in [0.1, 0.15) is 26.0 Å². The number of nitrogens with zero attached hydrogens (tertiary/aromatic N) is 5. The molecule has 2 aromatic heterocycles. The summed E-state index contributed by atoms with van der Waals surface area (Å²) in [5, 5.41) is 9.25. The van der Waals surface area contributed by atoms with Gasteiger partial charge in [-0.2, -0.15) is 0 Å². The van der Waals surface area contributed by atoms with E-state index in [4.69, 9.17) is 4.74 Å². The number of aliphatic hydroxyl groups is 1. The first-order valence-corrected chi connectivity index (χ1v) is 8.19. The third kappa shape index (κ3) is 3.18. The van der Waals surface area contributed by atoms with Crippen molar-refractivity contribution in [3.8, 4) is 0 Å². The fourth-order valence-electron chi connectivity index (χ4n) is 2.94. The molecule has 2 atom stereocenters. The zero-order valence-corrected chi connectivity index (χ0v) is 13.9. The van der Waals surface area contributed by atoms with Gasteiger partial charge in [-0.15, -0.1) is 6.58 Å². The largest absolute Gasteiger partial charge is 0.394 e. The lowest BCUT2D eigenvalue weighted by atomic mass is 10.2. The molecule has 3 heterocycles. The molecule has 128 valence electrons. The lowest BCUT2D eigenvalue weighted by Gasteiger charge is -2.20. The molecule has 0 amide bonds. The first kappa shape index (κ1) is 16.6. The molecular weight excluding hydrogens is 306 g/mol. The van der Waals surface area contributed by atoms with Crippen LogP contribution in [0.25, 0.3) is 11.2 Å². The van der Waals surface area contributed by atoms with Crippen LogP contribution < -0.4 is 4.90 Å². The standard InChI is InChI=1S/C17H23N5O2/c1-3-5-9-21(8-4-2)16-15-17(19-11-18-16)22(12-20-15)14-7-6-13(10-23)24-14/h3-5,11-14,23H,2,6-10H2,1H3/b5-3+. The number of aliphatic hydroxyl groups excluding tert-OH is 1. The van der Waals surface area contributed by atoms with Crippen molar-refractivity contribution in [2.45, 2.75) is 32.1 Å². The van der Waals surface area contributed by atoms with Crippen LogP contribution in [0.5, 0.6) is 0 Å². The molecule has 0 spiro atoms. The molecule has 0 aromatic carbocycles. The predicted molar refractivity (Wildman–Crippen MR) is 92.8 cm³/mol. The van der Waals surface area contributed by atoms with Crippen LogP contribution in [0.15, 0.2) is 37.5 Å². The highest BCUT2D eigenvalue weighted by atomic mass is 16.5. The van der Waals surface area contributed by atoms with E-state index in [9.17, 15) is 5.11 Å². The predicted octanol–water partition coefficient (Wildman–Crippen LogP) is 2.06. The number of fused-ring (bicyclic) bond motifs is 1. The second-order valence-electron chi connectivity index (χ2n) is 5.76. The average molecular weight is 329 g/mol. The quantitative estimate of drug-likeness (QED) is 0.784. The first-order valence-electron chi connectivity index (χ1n) is 8.19. The molecule has 0 saturated carbocycles. The third-order valence-corrected chi connectivity index (χ3v) is 4.15. The molecule has 0 bridgehead atoms. The Hall–Kier alpha value is -2.25. The molecule has 1 aliphatic heterocycles. The van der Waals surface area contributed by atoms with Gasteiger partial charge in [0.15, 0.2) is 17.0 Å². The van der Waals surface area contributed by atoms with Gasteiger partial charge in [-0.1, -0.05) is 18.2 Å². The van der Waals surface area contributed by atoms with Crippen LogP contribution in [0.2, 0.25) is 0 Å². The van der Waals surface area contributed by atoms with E-state index in [-0.39, 0.29) is 18.9 Å². The monoisotopic (exact) mass is 329 g/mol. The molecule has 2 unspecified atom stereocenters. The van der Waals surface area contributed by atoms with Crippen molar-refractivity contribution >= 4 is 17.0 Å². The normalized spacial score (nSPS) is 20.9. The first-order chi connectivity index (χ1) is 11.8. The Morgan fingerprint density at radius 1 is 1.38 bits per heavy atom. The smallest absolute Gasteiger partial charge is 0.167 e. The van der Waals surface area contributed by atoms with Crippen LogP contribution in [-0.4, -0.2) is 50.4 Å². The van der Waals surface area contributed by atoms with Gasteiger partial charge < -0.3 is 14.7 Å². The Kier molecular flexibility index (Phi) is 5.22. The maximum atomic E-state index is 9.25. The lowest BCUT2D eigenvalue weighted by Crippen LogP contribution is -2.24. The topological polar surface area (TPSA) is 76.3 Å². The van der Waals surface area contributed by atoms with E-state index in [0.29, 0.717) is 6.54 Å². The van der Waals surface area contributed by atoms with Gasteiger partial charge in [0.2, 0.25) is 0 Å². The molecule has 7 nitrogen and oxygen atoms in total. The van der Waals surface area contributed by atoms with Gasteiger partial charge in [0.25, 0.3) is 0 Å². The van der Waals surface area contributed by atoms with Crippen LogP contribution in [-0.2, 0) is 4.74 Å². The Morgan fingerprint density at radius 3 is 2.96 bits per heavy atom. The summed E-state index contributed by atoms with van der Waals surface area (Å²) in [7, 11) is 0. The Labute approximate surface area is 141 Å². The Bertz CT molecular complexity index is 727. The van der Waals surface area contributed by atoms with Crippen molar-refractivity contribution in [1.82, 2.24) is 19.5 Å². The molecule has 7 heteroatoms. The number of imidazole rings is 1. The van der Waals surface area contributed by atoms with Crippen LogP contribution >= 0.6 is 0 Å². The number of ether oxygens (including phenoxy) is 1. The molecule has 1 saturated heterocycles. The maximum Gasteiger partial charge on any atom is 0.167 e. The number of rotatable bonds is 7. The van der Waals surface area contributed by atoms with Crippen molar-refractivity contribution in [1.29, 1.82) is 0 Å². The molecule has 0 aliphatic carbocycles. The van der Waals surface area contributed by atoms with Gasteiger partial charge >= 0.3 is 0 Å². The second kappa shape index (κ2) is 7.55. The van der Waals surface area contributed by atoms with E-state index in [1.807, 2.05) is 23.6 Å². The minimum absolute atomic E-state index is 0.0415. The Balaban J connectivity index is 1.95. The lowest BCUT2D eigenvalue weighted by molar-refractivity contribution is -0.0207. The number of hydrogen-bond acceptors (Lipinski definition) is 6. The summed E-state index contributed by atoms with van der Waals surface area (Å²) in [5.74, 6) is 0.786. The van der Waals surface area contributed by atoms with E-state index in [2.05, 4.69) is 32.5 Å². The molecule has 0 radical (unpaired) electrons. The molecule has 1 aliphatic rings. The van der Waals surface area contributed by atoms with Crippen LogP contribution in [0.4, 0.5) is 5.82 Å². The van der Waals surface area contributed by atoms with E-state index in [1.165, 1.54) is 0 Å². The minimum atomic E-state index is -0.140. The van der Waals surface area contributed by atoms with Crippen LogP contribution in [0.3, 0.4) is 0 Å². The fraction of sp³-hybridized carbons (Fsp3) is 0.471.